The Labute approximate surface area is 103 Å². The normalized spacial score (nSPS) is 16.7. The number of thiophene rings is 1. The minimum atomic E-state index is -3.79. The van der Waals surface area contributed by atoms with Crippen LogP contribution in [0.2, 0.25) is 0 Å². The molecule has 0 aromatic carbocycles. The molecule has 0 radical (unpaired) electrons. The van der Waals surface area contributed by atoms with Crippen molar-refractivity contribution in [1.82, 2.24) is 5.32 Å². The van der Waals surface area contributed by atoms with E-state index in [-0.39, 0.29) is 22.5 Å². The van der Waals surface area contributed by atoms with E-state index in [1.807, 2.05) is 19.9 Å². The Kier molecular flexibility index (Phi) is 2.81. The van der Waals surface area contributed by atoms with Crippen molar-refractivity contribution in [2.75, 3.05) is 5.32 Å². The number of nitrogens with one attached hydrogen (secondary N) is 2. The second-order valence-corrected chi connectivity index (χ2v) is 6.18. The zero-order valence-electron chi connectivity index (χ0n) is 9.18. The molecule has 2 heterocycles. The Morgan fingerprint density at radius 1 is 1.59 bits per heavy atom. The summed E-state index contributed by atoms with van der Waals surface area (Å²) < 4.78 is 27.4. The number of rotatable bonds is 1. The fourth-order valence-corrected chi connectivity index (χ4v) is 3.81. The van der Waals surface area contributed by atoms with E-state index >= 15 is 0 Å². The van der Waals surface area contributed by atoms with Gasteiger partial charge in [-0.3, -0.25) is 0 Å². The van der Waals surface area contributed by atoms with Crippen molar-refractivity contribution in [3.05, 3.63) is 10.9 Å². The lowest BCUT2D eigenvalue weighted by atomic mass is 10.4. The average Bonchev–Trinajstić information content (AvgIpc) is 2.59. The van der Waals surface area contributed by atoms with Gasteiger partial charge < -0.3 is 10.6 Å². The van der Waals surface area contributed by atoms with Crippen molar-refractivity contribution in [3.8, 4) is 6.07 Å². The Bertz CT molecular complexity index is 622. The third kappa shape index (κ3) is 2.11. The van der Waals surface area contributed by atoms with Crippen molar-refractivity contribution >= 4 is 32.3 Å². The number of hydrogen-bond acceptors (Lipinski definition) is 6. The lowest BCUT2D eigenvalue weighted by Gasteiger charge is -2.18. The van der Waals surface area contributed by atoms with Crippen LogP contribution in [0.1, 0.15) is 19.4 Å². The van der Waals surface area contributed by atoms with Crippen LogP contribution in [0.25, 0.3) is 0 Å². The van der Waals surface area contributed by atoms with E-state index in [0.717, 1.165) is 0 Å². The topological polar surface area (TPSA) is 94.3 Å². The summed E-state index contributed by atoms with van der Waals surface area (Å²) in [7, 11) is -3.79. The number of hydrogen-bond donors (Lipinski definition) is 2. The fourth-order valence-electron chi connectivity index (χ4n) is 1.40. The highest BCUT2D eigenvalue weighted by molar-refractivity contribution is 7.90. The second kappa shape index (κ2) is 4.01. The molecule has 0 aliphatic carbocycles. The first kappa shape index (κ1) is 11.9. The van der Waals surface area contributed by atoms with Crippen LogP contribution in [0.4, 0.5) is 5.00 Å². The van der Waals surface area contributed by atoms with Crippen molar-refractivity contribution in [2.45, 2.75) is 24.8 Å². The Balaban J connectivity index is 2.49. The Morgan fingerprint density at radius 3 is 2.88 bits per heavy atom. The van der Waals surface area contributed by atoms with Crippen LogP contribution in [0.5, 0.6) is 0 Å². The third-order valence-electron chi connectivity index (χ3n) is 1.99. The minimum absolute atomic E-state index is 0.0284. The summed E-state index contributed by atoms with van der Waals surface area (Å²) in [5, 5.41) is 16.5. The van der Waals surface area contributed by atoms with Crippen LogP contribution < -0.4 is 10.6 Å². The Morgan fingerprint density at radius 2 is 2.29 bits per heavy atom. The van der Waals surface area contributed by atoms with Crippen molar-refractivity contribution < 1.29 is 8.42 Å². The molecule has 2 rings (SSSR count). The maximum Gasteiger partial charge on any atom is 0.289 e. The molecule has 1 aromatic rings. The molecular weight excluding hydrogens is 260 g/mol. The summed E-state index contributed by atoms with van der Waals surface area (Å²) in [6, 6.07) is 1.91. The molecule has 1 aromatic heterocycles. The van der Waals surface area contributed by atoms with E-state index in [1.165, 1.54) is 16.7 Å². The van der Waals surface area contributed by atoms with Gasteiger partial charge in [-0.05, 0) is 13.8 Å². The van der Waals surface area contributed by atoms with Crippen LogP contribution in [-0.2, 0) is 10.0 Å². The number of nitrogens with zero attached hydrogens (tertiary/aromatic N) is 2. The zero-order chi connectivity index (χ0) is 12.6. The Hall–Kier alpha value is -1.59. The predicted molar refractivity (Wildman–Crippen MR) is 65.5 cm³/mol. The first-order chi connectivity index (χ1) is 7.94. The second-order valence-electron chi connectivity index (χ2n) is 3.76. The monoisotopic (exact) mass is 270 g/mol. The SMILES string of the molecule is CC(C)NC1=NS(=O)(=O)c2c(C#N)csc2N1. The van der Waals surface area contributed by atoms with Crippen molar-refractivity contribution in [2.24, 2.45) is 4.40 Å². The quantitative estimate of drug-likeness (QED) is 0.796. The number of sulfonamides is 1. The first-order valence-electron chi connectivity index (χ1n) is 4.84. The summed E-state index contributed by atoms with van der Waals surface area (Å²) in [6.45, 7) is 3.75. The molecule has 0 atom stereocenters. The van der Waals surface area contributed by atoms with Crippen LogP contribution in [0.15, 0.2) is 14.7 Å². The van der Waals surface area contributed by atoms with Gasteiger partial charge in [-0.15, -0.1) is 15.7 Å². The summed E-state index contributed by atoms with van der Waals surface area (Å²) in [5.74, 6) is 0.193. The van der Waals surface area contributed by atoms with Crippen LogP contribution in [0, 0.1) is 11.3 Å². The molecule has 6 nitrogen and oxygen atoms in total. The van der Waals surface area contributed by atoms with Crippen molar-refractivity contribution in [3.63, 3.8) is 0 Å². The highest BCUT2D eigenvalue weighted by Crippen LogP contribution is 2.35. The minimum Gasteiger partial charge on any atom is -0.353 e. The maximum absolute atomic E-state index is 11.9. The van der Waals surface area contributed by atoms with E-state index in [2.05, 4.69) is 15.0 Å². The van der Waals surface area contributed by atoms with E-state index < -0.39 is 10.0 Å². The number of guanidine groups is 1. The largest absolute Gasteiger partial charge is 0.353 e. The van der Waals surface area contributed by atoms with Gasteiger partial charge in [0.2, 0.25) is 5.96 Å². The predicted octanol–water partition coefficient (Wildman–Crippen LogP) is 1.09. The average molecular weight is 270 g/mol. The highest BCUT2D eigenvalue weighted by Gasteiger charge is 2.30. The molecule has 0 fully saturated rings. The number of anilines is 1. The third-order valence-corrected chi connectivity index (χ3v) is 4.38. The molecule has 1 aliphatic heterocycles. The van der Waals surface area contributed by atoms with Gasteiger partial charge in [0.25, 0.3) is 10.0 Å². The smallest absolute Gasteiger partial charge is 0.289 e. The van der Waals surface area contributed by atoms with E-state index in [0.29, 0.717) is 5.00 Å². The van der Waals surface area contributed by atoms with E-state index in [4.69, 9.17) is 5.26 Å². The molecule has 0 saturated heterocycles. The molecule has 0 spiro atoms. The molecular formula is C9H10N4O2S2. The lowest BCUT2D eigenvalue weighted by Crippen LogP contribution is -2.38. The summed E-state index contributed by atoms with van der Waals surface area (Å²) in [5.41, 5.74) is 0.129. The molecule has 1 aliphatic rings. The molecule has 0 amide bonds. The summed E-state index contributed by atoms with van der Waals surface area (Å²) in [6.07, 6.45) is 0. The van der Waals surface area contributed by atoms with Gasteiger partial charge in [0, 0.05) is 11.4 Å². The maximum atomic E-state index is 11.9. The van der Waals surface area contributed by atoms with Gasteiger partial charge in [0.1, 0.15) is 16.0 Å². The van der Waals surface area contributed by atoms with Gasteiger partial charge in [0.05, 0.1) is 5.56 Å². The van der Waals surface area contributed by atoms with E-state index in [9.17, 15) is 8.42 Å². The molecule has 0 bridgehead atoms. The van der Waals surface area contributed by atoms with Crippen LogP contribution >= 0.6 is 11.3 Å². The van der Waals surface area contributed by atoms with Gasteiger partial charge in [-0.1, -0.05) is 0 Å². The summed E-state index contributed by atoms with van der Waals surface area (Å²) in [4.78, 5) is -0.0284. The number of nitriles is 1. The molecule has 2 N–H and O–H groups in total. The van der Waals surface area contributed by atoms with Crippen LogP contribution in [-0.4, -0.2) is 20.4 Å². The molecule has 90 valence electrons. The van der Waals surface area contributed by atoms with E-state index in [1.54, 1.807) is 0 Å². The summed E-state index contributed by atoms with van der Waals surface area (Å²) >= 11 is 1.18. The standard InChI is InChI=1S/C9H10N4O2S2/c1-5(2)11-9-12-8-7(17(14,15)13-9)6(3-10)4-16-8/h4-5H,1-2H3,(H2,11,12,13). The lowest BCUT2D eigenvalue weighted by molar-refractivity contribution is 0.597. The number of fused-ring (bicyclic) bond motifs is 1. The van der Waals surface area contributed by atoms with Crippen molar-refractivity contribution in [1.29, 1.82) is 5.26 Å². The fraction of sp³-hybridized carbons (Fsp3) is 0.333. The van der Waals surface area contributed by atoms with Gasteiger partial charge in [0.15, 0.2) is 0 Å². The molecule has 17 heavy (non-hydrogen) atoms. The van der Waals surface area contributed by atoms with Gasteiger partial charge in [-0.25, -0.2) is 0 Å². The zero-order valence-corrected chi connectivity index (χ0v) is 10.8. The molecule has 0 saturated carbocycles. The van der Waals surface area contributed by atoms with Gasteiger partial charge >= 0.3 is 0 Å². The van der Waals surface area contributed by atoms with Crippen LogP contribution in [0.3, 0.4) is 0 Å². The first-order valence-corrected chi connectivity index (χ1v) is 7.16. The van der Waals surface area contributed by atoms with Gasteiger partial charge in [-0.2, -0.15) is 13.7 Å². The molecule has 8 heteroatoms. The molecule has 0 unspecified atom stereocenters. The highest BCUT2D eigenvalue weighted by atomic mass is 32.2.